The van der Waals surface area contributed by atoms with Crippen LogP contribution < -0.4 is 5.32 Å². The van der Waals surface area contributed by atoms with Crippen LogP contribution in [0.5, 0.6) is 0 Å². The van der Waals surface area contributed by atoms with Gasteiger partial charge in [0.2, 0.25) is 5.91 Å². The molecule has 0 saturated heterocycles. The van der Waals surface area contributed by atoms with E-state index in [1.165, 1.54) is 135 Å². The topological polar surface area (TPSA) is 105 Å². The van der Waals surface area contributed by atoms with Gasteiger partial charge < -0.3 is 19.8 Å². The Kier molecular flexibility index (Phi) is 42.6. The minimum absolute atomic E-state index is 0.0521. The number of nitrogens with one attached hydrogen (secondary N) is 1. The molecular formula is C52H100N2O6P+. The van der Waals surface area contributed by atoms with Gasteiger partial charge in [-0.15, -0.1) is 0 Å². The van der Waals surface area contributed by atoms with E-state index in [0.717, 1.165) is 70.6 Å². The highest BCUT2D eigenvalue weighted by atomic mass is 31.2. The monoisotopic (exact) mass is 880 g/mol. The number of aliphatic hydroxyl groups excluding tert-OH is 1. The zero-order valence-electron chi connectivity index (χ0n) is 40.7. The number of carbonyl (C=O) groups excluding carboxylic acids is 1. The summed E-state index contributed by atoms with van der Waals surface area (Å²) in [7, 11) is 1.54. The maximum atomic E-state index is 12.9. The highest BCUT2D eigenvalue weighted by Crippen LogP contribution is 2.43. The van der Waals surface area contributed by atoms with E-state index in [0.29, 0.717) is 17.4 Å². The number of unbranched alkanes of at least 4 members (excludes halogenated alkanes) is 27. The van der Waals surface area contributed by atoms with Crippen molar-refractivity contribution in [3.05, 3.63) is 48.6 Å². The molecule has 0 radical (unpaired) electrons. The number of hydrogen-bond acceptors (Lipinski definition) is 5. The number of rotatable bonds is 46. The molecule has 0 aromatic rings. The van der Waals surface area contributed by atoms with Crippen LogP contribution in [-0.4, -0.2) is 73.4 Å². The summed E-state index contributed by atoms with van der Waals surface area (Å²) in [5, 5.41) is 13.8. The predicted octanol–water partition coefficient (Wildman–Crippen LogP) is 14.8. The number of aliphatic hydroxyl groups is 1. The number of phosphoric ester groups is 1. The standard InChI is InChI=1S/C52H99N2O6P/c1-6-8-10-12-14-16-18-20-21-22-23-24-25-26-27-28-29-30-31-32-34-35-37-39-41-43-45-51(55)50(49-60-61(57,58)59-48-47-54(3,4)5)53-52(56)46-44-42-40-38-36-33-19-17-15-13-11-9-7-2/h11,13,17,19,35,37,43,45,50-51,55H,6-10,12,14-16,18,20-34,36,38-42,44,46-49H2,1-5H3,(H-,53,56,57,58)/p+1/b13-11-,19-17-,37-35+,45-43+. The van der Waals surface area contributed by atoms with Crippen molar-refractivity contribution in [1.29, 1.82) is 0 Å². The van der Waals surface area contributed by atoms with Gasteiger partial charge in [0, 0.05) is 6.42 Å². The molecule has 0 saturated carbocycles. The van der Waals surface area contributed by atoms with Crippen molar-refractivity contribution in [2.45, 2.75) is 238 Å². The summed E-state index contributed by atoms with van der Waals surface area (Å²) in [5.74, 6) is -0.202. The normalized spacial score (nSPS) is 14.5. The fourth-order valence-electron chi connectivity index (χ4n) is 7.21. The molecule has 0 fully saturated rings. The third kappa shape index (κ3) is 46.3. The number of hydrogen-bond donors (Lipinski definition) is 3. The summed E-state index contributed by atoms with van der Waals surface area (Å²) in [5.41, 5.74) is 0. The van der Waals surface area contributed by atoms with Gasteiger partial charge in [-0.05, 0) is 57.8 Å². The number of nitrogens with zero attached hydrogens (tertiary/aromatic N) is 1. The number of amides is 1. The molecule has 9 heteroatoms. The lowest BCUT2D eigenvalue weighted by Crippen LogP contribution is -2.45. The van der Waals surface area contributed by atoms with Crippen LogP contribution >= 0.6 is 7.82 Å². The Labute approximate surface area is 378 Å². The Morgan fingerprint density at radius 1 is 0.557 bits per heavy atom. The van der Waals surface area contributed by atoms with E-state index in [1.807, 2.05) is 27.2 Å². The molecule has 0 bridgehead atoms. The highest BCUT2D eigenvalue weighted by Gasteiger charge is 2.27. The second-order valence-electron chi connectivity index (χ2n) is 18.5. The van der Waals surface area contributed by atoms with E-state index in [-0.39, 0.29) is 19.1 Å². The smallest absolute Gasteiger partial charge is 0.387 e. The molecule has 61 heavy (non-hydrogen) atoms. The maximum Gasteiger partial charge on any atom is 0.472 e. The molecule has 0 aliphatic heterocycles. The summed E-state index contributed by atoms with van der Waals surface area (Å²) in [4.78, 5) is 23.1. The van der Waals surface area contributed by atoms with Gasteiger partial charge in [0.1, 0.15) is 13.2 Å². The molecule has 3 unspecified atom stereocenters. The lowest BCUT2D eigenvalue weighted by Gasteiger charge is -2.25. The number of allylic oxidation sites excluding steroid dienone is 7. The molecule has 3 N–H and O–H groups in total. The summed E-state index contributed by atoms with van der Waals surface area (Å²) in [6.07, 6.45) is 56.4. The Morgan fingerprint density at radius 2 is 0.984 bits per heavy atom. The third-order valence-corrected chi connectivity index (χ3v) is 12.2. The highest BCUT2D eigenvalue weighted by molar-refractivity contribution is 7.47. The van der Waals surface area contributed by atoms with Gasteiger partial charge in [-0.25, -0.2) is 4.57 Å². The van der Waals surface area contributed by atoms with Crippen LogP contribution in [0.15, 0.2) is 48.6 Å². The molecule has 3 atom stereocenters. The van der Waals surface area contributed by atoms with Crippen LogP contribution in [0.4, 0.5) is 0 Å². The fraction of sp³-hybridized carbons (Fsp3) is 0.827. The fourth-order valence-corrected chi connectivity index (χ4v) is 7.95. The van der Waals surface area contributed by atoms with E-state index in [1.54, 1.807) is 6.08 Å². The molecule has 0 heterocycles. The zero-order chi connectivity index (χ0) is 45.0. The molecule has 358 valence electrons. The van der Waals surface area contributed by atoms with Gasteiger partial charge in [0.25, 0.3) is 0 Å². The van der Waals surface area contributed by atoms with E-state index < -0.39 is 20.0 Å². The van der Waals surface area contributed by atoms with Crippen LogP contribution in [0.2, 0.25) is 0 Å². The minimum atomic E-state index is -4.35. The quantitative estimate of drug-likeness (QED) is 0.0243. The Balaban J connectivity index is 4.28. The molecule has 0 aromatic heterocycles. The SMILES string of the molecule is CCC/C=C\C/C=C\CCCCCCCC(=O)NC(COP(=O)(O)OCC[N+](C)(C)C)C(O)/C=C/CC/C=C/CCCCCCCCCCCCCCCCCCCCCC. The summed E-state index contributed by atoms with van der Waals surface area (Å²) < 4.78 is 23.6. The number of quaternary nitrogens is 1. The summed E-state index contributed by atoms with van der Waals surface area (Å²) in [6, 6.07) is -0.871. The summed E-state index contributed by atoms with van der Waals surface area (Å²) >= 11 is 0. The molecule has 0 aliphatic carbocycles. The first-order chi connectivity index (χ1) is 29.5. The maximum absolute atomic E-state index is 12.9. The van der Waals surface area contributed by atoms with Gasteiger partial charge in [-0.1, -0.05) is 210 Å². The molecule has 0 rings (SSSR count). The van der Waals surface area contributed by atoms with E-state index >= 15 is 0 Å². The minimum Gasteiger partial charge on any atom is -0.387 e. The first kappa shape index (κ1) is 59.5. The van der Waals surface area contributed by atoms with Gasteiger partial charge >= 0.3 is 7.82 Å². The lowest BCUT2D eigenvalue weighted by molar-refractivity contribution is -0.870. The average Bonchev–Trinajstić information content (AvgIpc) is 3.21. The van der Waals surface area contributed by atoms with Crippen LogP contribution in [-0.2, 0) is 18.4 Å². The van der Waals surface area contributed by atoms with Crippen LogP contribution in [0.3, 0.4) is 0 Å². The first-order valence-electron chi connectivity index (χ1n) is 25.5. The van der Waals surface area contributed by atoms with Crippen molar-refractivity contribution in [3.8, 4) is 0 Å². The second-order valence-corrected chi connectivity index (χ2v) is 20.0. The van der Waals surface area contributed by atoms with E-state index in [4.69, 9.17) is 9.05 Å². The number of carbonyl (C=O) groups is 1. The van der Waals surface area contributed by atoms with Gasteiger partial charge in [0.15, 0.2) is 0 Å². The Morgan fingerprint density at radius 3 is 1.48 bits per heavy atom. The van der Waals surface area contributed by atoms with Crippen molar-refractivity contribution in [2.75, 3.05) is 40.9 Å². The second kappa shape index (κ2) is 43.7. The largest absolute Gasteiger partial charge is 0.472 e. The van der Waals surface area contributed by atoms with Crippen molar-refractivity contribution >= 4 is 13.7 Å². The van der Waals surface area contributed by atoms with Gasteiger partial charge in [0.05, 0.1) is 39.9 Å². The van der Waals surface area contributed by atoms with Gasteiger partial charge in [-0.3, -0.25) is 13.8 Å². The van der Waals surface area contributed by atoms with E-state index in [2.05, 4.69) is 55.6 Å². The van der Waals surface area contributed by atoms with Crippen molar-refractivity contribution in [2.24, 2.45) is 0 Å². The van der Waals surface area contributed by atoms with Gasteiger partial charge in [-0.2, -0.15) is 0 Å². The van der Waals surface area contributed by atoms with Crippen molar-refractivity contribution in [3.63, 3.8) is 0 Å². The molecule has 0 aromatic carbocycles. The van der Waals surface area contributed by atoms with Crippen molar-refractivity contribution in [1.82, 2.24) is 5.32 Å². The average molecular weight is 880 g/mol. The van der Waals surface area contributed by atoms with Crippen molar-refractivity contribution < 1.29 is 32.9 Å². The lowest BCUT2D eigenvalue weighted by atomic mass is 10.0. The van der Waals surface area contributed by atoms with Crippen LogP contribution in [0, 0.1) is 0 Å². The van der Waals surface area contributed by atoms with Crippen LogP contribution in [0.25, 0.3) is 0 Å². The zero-order valence-corrected chi connectivity index (χ0v) is 41.5. The Bertz CT molecular complexity index is 1130. The molecule has 0 aliphatic rings. The summed E-state index contributed by atoms with van der Waals surface area (Å²) in [6.45, 7) is 4.72. The van der Waals surface area contributed by atoms with Crippen LogP contribution in [0.1, 0.15) is 226 Å². The molecule has 8 nitrogen and oxygen atoms in total. The molecular weight excluding hydrogens is 780 g/mol. The molecule has 1 amide bonds. The number of phosphoric acid groups is 1. The Hall–Kier alpha value is -1.54. The number of likely N-dealkylation sites (N-methyl/N-ethyl adjacent to an activating group) is 1. The predicted molar refractivity (Wildman–Crippen MR) is 263 cm³/mol. The molecule has 0 spiro atoms. The first-order valence-corrected chi connectivity index (χ1v) is 27.0. The van der Waals surface area contributed by atoms with E-state index in [9.17, 15) is 19.4 Å². The third-order valence-electron chi connectivity index (χ3n) is 11.3.